The van der Waals surface area contributed by atoms with Crippen molar-refractivity contribution in [3.63, 3.8) is 0 Å². The standard InChI is InChI=1S/C5H9NO.2C2H6/c1-4-3-6-7-5(4)2;2*1-2/h3,5-6H,1-2H3;2*1-2H3/t5-;;/m1../s1. The number of hydroxylamine groups is 1. The Kier molecular flexibility index (Phi) is 11.3. The van der Waals surface area contributed by atoms with E-state index in [2.05, 4.69) is 5.48 Å². The van der Waals surface area contributed by atoms with Gasteiger partial charge in [-0.1, -0.05) is 27.7 Å². The molecule has 0 amide bonds. The maximum Gasteiger partial charge on any atom is 0.105 e. The van der Waals surface area contributed by atoms with Gasteiger partial charge in [0, 0.05) is 6.20 Å². The molecule has 1 N–H and O–H groups in total. The third-order valence-electron chi connectivity index (χ3n) is 1.17. The topological polar surface area (TPSA) is 21.3 Å². The first-order valence-electron chi connectivity index (χ1n) is 4.38. The van der Waals surface area contributed by atoms with Crippen molar-refractivity contribution in [3.05, 3.63) is 11.8 Å². The molecule has 2 nitrogen and oxygen atoms in total. The van der Waals surface area contributed by atoms with E-state index in [9.17, 15) is 0 Å². The molecule has 0 bridgehead atoms. The fraction of sp³-hybridized carbons (Fsp3) is 0.778. The first-order valence-corrected chi connectivity index (χ1v) is 4.38. The van der Waals surface area contributed by atoms with Crippen molar-refractivity contribution in [1.82, 2.24) is 5.48 Å². The Bertz CT molecular complexity index is 99.7. The first-order chi connectivity index (χ1) is 5.30. The summed E-state index contributed by atoms with van der Waals surface area (Å²) >= 11 is 0. The summed E-state index contributed by atoms with van der Waals surface area (Å²) in [5.74, 6) is 0. The SMILES string of the molecule is CC.CC.CC1=CNO[C@@H]1C. The first kappa shape index (κ1) is 13.1. The second-order valence-electron chi connectivity index (χ2n) is 1.77. The zero-order chi connectivity index (χ0) is 9.28. The lowest BCUT2D eigenvalue weighted by atomic mass is 10.2. The van der Waals surface area contributed by atoms with E-state index in [1.54, 1.807) is 0 Å². The molecule has 0 aromatic carbocycles. The fourth-order valence-electron chi connectivity index (χ4n) is 0.439. The Labute approximate surface area is 70.6 Å². The lowest BCUT2D eigenvalue weighted by Crippen LogP contribution is -2.06. The normalized spacial score (nSPS) is 19.8. The number of hydrogen-bond acceptors (Lipinski definition) is 2. The Balaban J connectivity index is 0. The monoisotopic (exact) mass is 159 g/mol. The number of rotatable bonds is 0. The molecule has 0 aromatic rings. The molecule has 0 aliphatic carbocycles. The summed E-state index contributed by atoms with van der Waals surface area (Å²) in [5.41, 5.74) is 3.91. The third kappa shape index (κ3) is 5.92. The average Bonchev–Trinajstić information content (AvgIpc) is 2.44. The Morgan fingerprint density at radius 1 is 1.27 bits per heavy atom. The third-order valence-corrected chi connectivity index (χ3v) is 1.17. The van der Waals surface area contributed by atoms with Gasteiger partial charge in [-0.2, -0.15) is 0 Å². The van der Waals surface area contributed by atoms with Gasteiger partial charge >= 0.3 is 0 Å². The molecule has 0 saturated carbocycles. The molecule has 0 saturated heterocycles. The molecule has 0 aromatic heterocycles. The molecular weight excluding hydrogens is 138 g/mol. The van der Waals surface area contributed by atoms with Gasteiger partial charge in [0.2, 0.25) is 0 Å². The van der Waals surface area contributed by atoms with E-state index in [4.69, 9.17) is 4.84 Å². The van der Waals surface area contributed by atoms with Crippen molar-refractivity contribution >= 4 is 0 Å². The number of nitrogens with one attached hydrogen (secondary N) is 1. The predicted molar refractivity (Wildman–Crippen MR) is 50.1 cm³/mol. The zero-order valence-corrected chi connectivity index (χ0v) is 8.56. The summed E-state index contributed by atoms with van der Waals surface area (Å²) in [6.45, 7) is 12.0. The minimum Gasteiger partial charge on any atom is -0.274 e. The van der Waals surface area contributed by atoms with Crippen molar-refractivity contribution in [2.24, 2.45) is 0 Å². The van der Waals surface area contributed by atoms with Crippen LogP contribution in [0.5, 0.6) is 0 Å². The van der Waals surface area contributed by atoms with Gasteiger partial charge in [-0.15, -0.1) is 0 Å². The van der Waals surface area contributed by atoms with Crippen LogP contribution in [0.1, 0.15) is 41.5 Å². The molecule has 11 heavy (non-hydrogen) atoms. The maximum atomic E-state index is 4.92. The Hall–Kier alpha value is -0.500. The van der Waals surface area contributed by atoms with Crippen LogP contribution in [0.3, 0.4) is 0 Å². The second kappa shape index (κ2) is 9.50. The van der Waals surface area contributed by atoms with Crippen molar-refractivity contribution in [2.45, 2.75) is 47.6 Å². The van der Waals surface area contributed by atoms with Crippen LogP contribution in [0.25, 0.3) is 0 Å². The molecule has 1 rings (SSSR count). The van der Waals surface area contributed by atoms with E-state index in [-0.39, 0.29) is 6.10 Å². The number of hydrogen-bond donors (Lipinski definition) is 1. The highest BCUT2D eigenvalue weighted by atomic mass is 16.7. The molecule has 0 fully saturated rings. The molecule has 0 radical (unpaired) electrons. The average molecular weight is 159 g/mol. The van der Waals surface area contributed by atoms with Gasteiger partial charge in [0.25, 0.3) is 0 Å². The van der Waals surface area contributed by atoms with Gasteiger partial charge in [0.1, 0.15) is 6.10 Å². The Morgan fingerprint density at radius 2 is 1.73 bits per heavy atom. The summed E-state index contributed by atoms with van der Waals surface area (Å²) in [5, 5.41) is 0. The maximum absolute atomic E-state index is 4.92. The molecule has 0 unspecified atom stereocenters. The highest BCUT2D eigenvalue weighted by Gasteiger charge is 2.08. The largest absolute Gasteiger partial charge is 0.274 e. The summed E-state index contributed by atoms with van der Waals surface area (Å²) < 4.78 is 0. The van der Waals surface area contributed by atoms with Crippen LogP contribution in [0.15, 0.2) is 11.8 Å². The molecular formula is C9H21NO. The molecule has 1 aliphatic rings. The second-order valence-corrected chi connectivity index (χ2v) is 1.77. The highest BCUT2D eigenvalue weighted by Crippen LogP contribution is 2.07. The molecule has 1 heterocycles. The smallest absolute Gasteiger partial charge is 0.105 e. The van der Waals surface area contributed by atoms with Gasteiger partial charge in [-0.25, -0.2) is 0 Å². The van der Waals surface area contributed by atoms with Crippen LogP contribution in [-0.4, -0.2) is 6.10 Å². The highest BCUT2D eigenvalue weighted by molar-refractivity contribution is 5.04. The minimum absolute atomic E-state index is 0.264. The summed E-state index contributed by atoms with van der Waals surface area (Å²) in [4.78, 5) is 4.92. The van der Waals surface area contributed by atoms with Gasteiger partial charge < -0.3 is 0 Å². The minimum atomic E-state index is 0.264. The van der Waals surface area contributed by atoms with Crippen LogP contribution in [0.4, 0.5) is 0 Å². The van der Waals surface area contributed by atoms with Gasteiger partial charge in [-0.05, 0) is 19.4 Å². The van der Waals surface area contributed by atoms with E-state index in [0.717, 1.165) is 0 Å². The van der Waals surface area contributed by atoms with Gasteiger partial charge in [0.15, 0.2) is 0 Å². The Morgan fingerprint density at radius 3 is 1.82 bits per heavy atom. The summed E-state index contributed by atoms with van der Waals surface area (Å²) in [6.07, 6.45) is 2.13. The quantitative estimate of drug-likeness (QED) is 0.587. The van der Waals surface area contributed by atoms with Crippen molar-refractivity contribution < 1.29 is 4.84 Å². The van der Waals surface area contributed by atoms with Crippen LogP contribution in [-0.2, 0) is 4.84 Å². The van der Waals surface area contributed by atoms with E-state index in [1.165, 1.54) is 5.57 Å². The van der Waals surface area contributed by atoms with Gasteiger partial charge in [0.05, 0.1) is 0 Å². The van der Waals surface area contributed by atoms with E-state index < -0.39 is 0 Å². The predicted octanol–water partition coefficient (Wildman–Crippen LogP) is 2.87. The van der Waals surface area contributed by atoms with Crippen LogP contribution >= 0.6 is 0 Å². The summed E-state index contributed by atoms with van der Waals surface area (Å²) in [6, 6.07) is 0. The summed E-state index contributed by atoms with van der Waals surface area (Å²) in [7, 11) is 0. The van der Waals surface area contributed by atoms with Crippen LogP contribution in [0, 0.1) is 0 Å². The van der Waals surface area contributed by atoms with Crippen LogP contribution in [0.2, 0.25) is 0 Å². The van der Waals surface area contributed by atoms with Crippen molar-refractivity contribution in [1.29, 1.82) is 0 Å². The van der Waals surface area contributed by atoms with E-state index in [0.29, 0.717) is 0 Å². The fourth-order valence-corrected chi connectivity index (χ4v) is 0.439. The van der Waals surface area contributed by atoms with Crippen LogP contribution < -0.4 is 5.48 Å². The molecule has 1 atom stereocenters. The molecule has 0 spiro atoms. The van der Waals surface area contributed by atoms with Gasteiger partial charge in [-0.3, -0.25) is 10.3 Å². The lowest BCUT2D eigenvalue weighted by molar-refractivity contribution is 0.0543. The van der Waals surface area contributed by atoms with Crippen molar-refractivity contribution in [3.8, 4) is 0 Å². The zero-order valence-electron chi connectivity index (χ0n) is 8.56. The molecule has 1 aliphatic heterocycles. The molecule has 2 heteroatoms. The van der Waals surface area contributed by atoms with E-state index >= 15 is 0 Å². The lowest BCUT2D eigenvalue weighted by Gasteiger charge is -1.98. The van der Waals surface area contributed by atoms with Crippen molar-refractivity contribution in [2.75, 3.05) is 0 Å². The van der Waals surface area contributed by atoms with E-state index in [1.807, 2.05) is 47.7 Å². The molecule has 68 valence electrons.